The number of carbonyl (C=O) groups is 1. The van der Waals surface area contributed by atoms with E-state index >= 15 is 0 Å². The van der Waals surface area contributed by atoms with Crippen LogP contribution < -0.4 is 15.5 Å². The summed E-state index contributed by atoms with van der Waals surface area (Å²) in [5.74, 6) is 1.71. The Morgan fingerprint density at radius 3 is 2.50 bits per heavy atom. The molecule has 1 heterocycles. The summed E-state index contributed by atoms with van der Waals surface area (Å²) in [7, 11) is 7.48. The molecule has 7 nitrogen and oxygen atoms in total. The highest BCUT2D eigenvalue weighted by Gasteiger charge is 2.08. The molecule has 0 spiro atoms. The van der Waals surface area contributed by atoms with E-state index in [-0.39, 0.29) is 29.9 Å². The van der Waals surface area contributed by atoms with Crippen molar-refractivity contribution in [1.82, 2.24) is 20.5 Å². The lowest BCUT2D eigenvalue weighted by atomic mass is 10.1. The molecule has 30 heavy (non-hydrogen) atoms. The topological polar surface area (TPSA) is 72.9 Å². The van der Waals surface area contributed by atoms with E-state index in [0.717, 1.165) is 42.4 Å². The minimum atomic E-state index is 0. The van der Waals surface area contributed by atoms with Gasteiger partial charge in [-0.2, -0.15) is 0 Å². The number of anilines is 1. The predicted octanol–water partition coefficient (Wildman–Crippen LogP) is 2.77. The zero-order valence-electron chi connectivity index (χ0n) is 18.5. The summed E-state index contributed by atoms with van der Waals surface area (Å²) in [5.41, 5.74) is 2.93. The lowest BCUT2D eigenvalue weighted by Crippen LogP contribution is -2.38. The van der Waals surface area contributed by atoms with Crippen LogP contribution in [0.15, 0.2) is 47.6 Å². The highest BCUT2D eigenvalue weighted by atomic mass is 127. The van der Waals surface area contributed by atoms with E-state index in [0.29, 0.717) is 12.1 Å². The molecule has 8 heteroatoms. The molecule has 0 bridgehead atoms. The largest absolute Gasteiger partial charge is 0.363 e. The van der Waals surface area contributed by atoms with E-state index in [1.54, 1.807) is 19.0 Å². The van der Waals surface area contributed by atoms with Gasteiger partial charge in [-0.1, -0.05) is 12.1 Å². The number of aromatic nitrogens is 1. The van der Waals surface area contributed by atoms with Crippen molar-refractivity contribution < 1.29 is 4.79 Å². The molecular formula is C22H33IN6O. The molecule has 0 unspecified atom stereocenters. The highest BCUT2D eigenvalue weighted by Crippen LogP contribution is 2.10. The second-order valence-corrected chi connectivity index (χ2v) is 7.19. The number of hydrogen-bond acceptors (Lipinski definition) is 4. The first-order chi connectivity index (χ1) is 13.9. The molecule has 0 aliphatic carbocycles. The van der Waals surface area contributed by atoms with E-state index in [4.69, 9.17) is 0 Å². The fourth-order valence-corrected chi connectivity index (χ4v) is 2.76. The molecule has 0 atom stereocenters. The van der Waals surface area contributed by atoms with E-state index in [2.05, 4.69) is 20.6 Å². The number of rotatable bonds is 8. The number of halogens is 1. The summed E-state index contributed by atoms with van der Waals surface area (Å²) in [6.07, 6.45) is 2.61. The van der Waals surface area contributed by atoms with Crippen LogP contribution in [0, 0.1) is 0 Å². The van der Waals surface area contributed by atoms with Crippen molar-refractivity contribution >= 4 is 41.7 Å². The third kappa shape index (κ3) is 8.17. The van der Waals surface area contributed by atoms with Crippen LogP contribution in [-0.2, 0) is 13.0 Å². The first kappa shape index (κ1) is 25.7. The smallest absolute Gasteiger partial charge is 0.253 e. The summed E-state index contributed by atoms with van der Waals surface area (Å²) in [4.78, 5) is 24.7. The molecule has 0 aliphatic heterocycles. The van der Waals surface area contributed by atoms with Crippen molar-refractivity contribution in [2.75, 3.05) is 46.2 Å². The number of nitrogens with one attached hydrogen (secondary N) is 2. The predicted molar refractivity (Wildman–Crippen MR) is 135 cm³/mol. The Bertz CT molecular complexity index is 838. The molecule has 1 aromatic carbocycles. The van der Waals surface area contributed by atoms with Crippen molar-refractivity contribution in [3.8, 4) is 0 Å². The van der Waals surface area contributed by atoms with Gasteiger partial charge in [0.05, 0.1) is 6.54 Å². The molecule has 2 aromatic rings. The summed E-state index contributed by atoms with van der Waals surface area (Å²) in [6, 6.07) is 11.8. The third-order valence-electron chi connectivity index (χ3n) is 4.32. The van der Waals surface area contributed by atoms with Gasteiger partial charge in [0.2, 0.25) is 0 Å². The molecule has 2 N–H and O–H groups in total. The van der Waals surface area contributed by atoms with Crippen LogP contribution in [0.25, 0.3) is 0 Å². The van der Waals surface area contributed by atoms with Crippen molar-refractivity contribution in [3.63, 3.8) is 0 Å². The van der Waals surface area contributed by atoms with Crippen LogP contribution in [0.3, 0.4) is 0 Å². The van der Waals surface area contributed by atoms with E-state index in [1.165, 1.54) is 0 Å². The van der Waals surface area contributed by atoms with E-state index < -0.39 is 0 Å². The number of hydrogen-bond donors (Lipinski definition) is 2. The molecule has 1 aromatic heterocycles. The van der Waals surface area contributed by atoms with Crippen molar-refractivity contribution in [3.05, 3.63) is 59.3 Å². The number of nitrogens with zero attached hydrogens (tertiary/aromatic N) is 4. The SMILES string of the molecule is CCNC(=NCc1ccnc(N(C)C)c1)NCCc1cccc(C(=O)N(C)C)c1.I. The Morgan fingerprint density at radius 1 is 1.07 bits per heavy atom. The fourth-order valence-electron chi connectivity index (χ4n) is 2.76. The minimum absolute atomic E-state index is 0. The average Bonchev–Trinajstić information content (AvgIpc) is 2.71. The maximum absolute atomic E-state index is 12.1. The van der Waals surface area contributed by atoms with Gasteiger partial charge in [-0.25, -0.2) is 9.98 Å². The maximum atomic E-state index is 12.1. The molecule has 2 rings (SSSR count). The van der Waals surface area contributed by atoms with E-state index in [1.807, 2.05) is 68.5 Å². The van der Waals surface area contributed by atoms with Crippen LogP contribution in [0.1, 0.15) is 28.4 Å². The third-order valence-corrected chi connectivity index (χ3v) is 4.32. The Morgan fingerprint density at radius 2 is 1.83 bits per heavy atom. The summed E-state index contributed by atoms with van der Waals surface area (Å²) in [6.45, 7) is 4.14. The number of guanidine groups is 1. The number of pyridine rings is 1. The Labute approximate surface area is 197 Å². The summed E-state index contributed by atoms with van der Waals surface area (Å²) < 4.78 is 0. The van der Waals surface area contributed by atoms with Gasteiger partial charge >= 0.3 is 0 Å². The van der Waals surface area contributed by atoms with Crippen LogP contribution in [-0.4, -0.2) is 63.0 Å². The van der Waals surface area contributed by atoms with Gasteiger partial charge in [-0.05, 0) is 48.7 Å². The molecule has 0 fully saturated rings. The van der Waals surface area contributed by atoms with Crippen LogP contribution in [0.5, 0.6) is 0 Å². The van der Waals surface area contributed by atoms with Gasteiger partial charge in [0.15, 0.2) is 5.96 Å². The molecule has 0 aliphatic rings. The second-order valence-electron chi connectivity index (χ2n) is 7.19. The summed E-state index contributed by atoms with van der Waals surface area (Å²) >= 11 is 0. The summed E-state index contributed by atoms with van der Waals surface area (Å²) in [5, 5.41) is 6.64. The number of aliphatic imine (C=N–C) groups is 1. The maximum Gasteiger partial charge on any atom is 0.253 e. The molecule has 0 saturated heterocycles. The number of benzene rings is 1. The first-order valence-corrected chi connectivity index (χ1v) is 9.85. The fraction of sp³-hybridized carbons (Fsp3) is 0.409. The van der Waals surface area contributed by atoms with Gasteiger partial charge in [0.25, 0.3) is 5.91 Å². The second kappa shape index (κ2) is 13.0. The Kier molecular flexibility index (Phi) is 11.2. The quantitative estimate of drug-likeness (QED) is 0.316. The zero-order chi connectivity index (χ0) is 21.2. The van der Waals surface area contributed by atoms with Crippen molar-refractivity contribution in [2.45, 2.75) is 19.9 Å². The van der Waals surface area contributed by atoms with Crippen molar-refractivity contribution in [1.29, 1.82) is 0 Å². The molecule has 1 amide bonds. The highest BCUT2D eigenvalue weighted by molar-refractivity contribution is 14.0. The van der Waals surface area contributed by atoms with Gasteiger partial charge in [0, 0.05) is 53.0 Å². The van der Waals surface area contributed by atoms with Crippen LogP contribution >= 0.6 is 24.0 Å². The van der Waals surface area contributed by atoms with Gasteiger partial charge in [-0.3, -0.25) is 4.79 Å². The van der Waals surface area contributed by atoms with E-state index in [9.17, 15) is 4.79 Å². The first-order valence-electron chi connectivity index (χ1n) is 9.85. The number of carbonyl (C=O) groups excluding carboxylic acids is 1. The monoisotopic (exact) mass is 524 g/mol. The van der Waals surface area contributed by atoms with Crippen molar-refractivity contribution in [2.24, 2.45) is 4.99 Å². The standard InChI is InChI=1S/C22H32N6O.HI/c1-6-23-22(26-16-18-11-12-24-20(15-18)27(2)3)25-13-10-17-8-7-9-19(14-17)21(29)28(4)5;/h7-9,11-12,14-15H,6,10,13,16H2,1-5H3,(H2,23,25,26);1H. The normalized spacial score (nSPS) is 10.8. The van der Waals surface area contributed by atoms with Gasteiger partial charge in [-0.15, -0.1) is 24.0 Å². The van der Waals surface area contributed by atoms with Crippen LogP contribution in [0.2, 0.25) is 0 Å². The minimum Gasteiger partial charge on any atom is -0.363 e. The molecule has 0 saturated carbocycles. The Hall–Kier alpha value is -2.36. The molecule has 164 valence electrons. The zero-order valence-corrected chi connectivity index (χ0v) is 20.8. The van der Waals surface area contributed by atoms with Gasteiger partial charge in [0.1, 0.15) is 5.82 Å². The van der Waals surface area contributed by atoms with Gasteiger partial charge < -0.3 is 20.4 Å². The Balaban J connectivity index is 0.00000450. The lowest BCUT2D eigenvalue weighted by molar-refractivity contribution is 0.0827. The average molecular weight is 524 g/mol. The molecular weight excluding hydrogens is 491 g/mol. The van der Waals surface area contributed by atoms with Crippen LogP contribution in [0.4, 0.5) is 5.82 Å². The number of amides is 1. The lowest BCUT2D eigenvalue weighted by Gasteiger charge is -2.14. The molecule has 0 radical (unpaired) electrons.